The Morgan fingerprint density at radius 2 is 1.81 bits per heavy atom. The van der Waals surface area contributed by atoms with E-state index in [1.807, 2.05) is 6.07 Å². The van der Waals surface area contributed by atoms with Gasteiger partial charge in [0.2, 0.25) is 10.0 Å². The standard InChI is InChI=1S/C21H18ClF2N3O3S2/c1-13-19(31-20(25-13)14-3-2-4-15(22)11-14)21(28)26-7-9-27(10-8-26)32(29,30)18-6-5-16(23)12-17(18)24/h2-6,11-12H,7-10H2,1H3. The zero-order valence-corrected chi connectivity index (χ0v) is 19.3. The van der Waals surface area contributed by atoms with Crippen LogP contribution in [0.15, 0.2) is 47.4 Å². The van der Waals surface area contributed by atoms with E-state index >= 15 is 0 Å². The number of amides is 1. The summed E-state index contributed by atoms with van der Waals surface area (Å²) >= 11 is 7.30. The molecule has 1 aliphatic heterocycles. The summed E-state index contributed by atoms with van der Waals surface area (Å²) < 4.78 is 53.8. The van der Waals surface area contributed by atoms with Crippen molar-refractivity contribution in [2.75, 3.05) is 26.2 Å². The molecule has 2 aromatic carbocycles. The molecule has 4 rings (SSSR count). The number of benzene rings is 2. The molecule has 0 aliphatic carbocycles. The first-order valence-corrected chi connectivity index (χ1v) is 12.3. The van der Waals surface area contributed by atoms with Crippen molar-refractivity contribution >= 4 is 38.9 Å². The number of thiazole rings is 1. The van der Waals surface area contributed by atoms with Crippen molar-refractivity contribution in [1.29, 1.82) is 0 Å². The molecule has 1 amide bonds. The van der Waals surface area contributed by atoms with Gasteiger partial charge in [0.1, 0.15) is 26.4 Å². The lowest BCUT2D eigenvalue weighted by Crippen LogP contribution is -2.50. The number of nitrogens with zero attached hydrogens (tertiary/aromatic N) is 3. The van der Waals surface area contributed by atoms with E-state index in [-0.39, 0.29) is 32.1 Å². The van der Waals surface area contributed by atoms with Crippen molar-refractivity contribution in [1.82, 2.24) is 14.2 Å². The van der Waals surface area contributed by atoms with Crippen LogP contribution in [0.3, 0.4) is 0 Å². The lowest BCUT2D eigenvalue weighted by molar-refractivity contribution is 0.0701. The highest BCUT2D eigenvalue weighted by Crippen LogP contribution is 2.31. The monoisotopic (exact) mass is 497 g/mol. The highest BCUT2D eigenvalue weighted by molar-refractivity contribution is 7.89. The van der Waals surface area contributed by atoms with E-state index in [0.717, 1.165) is 22.0 Å². The summed E-state index contributed by atoms with van der Waals surface area (Å²) in [5, 5.41) is 1.24. The van der Waals surface area contributed by atoms with Crippen molar-refractivity contribution in [3.63, 3.8) is 0 Å². The van der Waals surface area contributed by atoms with Crippen LogP contribution in [0.2, 0.25) is 5.02 Å². The van der Waals surface area contributed by atoms with Gasteiger partial charge >= 0.3 is 0 Å². The minimum absolute atomic E-state index is 0.00386. The first-order chi connectivity index (χ1) is 15.2. The molecule has 3 aromatic rings. The van der Waals surface area contributed by atoms with Gasteiger partial charge in [-0.1, -0.05) is 23.7 Å². The molecular weight excluding hydrogens is 480 g/mol. The lowest BCUT2D eigenvalue weighted by atomic mass is 10.2. The molecule has 0 bridgehead atoms. The highest BCUT2D eigenvalue weighted by Gasteiger charge is 2.33. The number of carbonyl (C=O) groups excluding carboxylic acids is 1. The number of sulfonamides is 1. The molecule has 0 saturated carbocycles. The fraction of sp³-hybridized carbons (Fsp3) is 0.238. The van der Waals surface area contributed by atoms with Crippen LogP contribution in [0.1, 0.15) is 15.4 Å². The van der Waals surface area contributed by atoms with E-state index in [2.05, 4.69) is 4.98 Å². The number of carbonyl (C=O) groups is 1. The Hall–Kier alpha value is -2.40. The van der Waals surface area contributed by atoms with Crippen LogP contribution < -0.4 is 0 Å². The summed E-state index contributed by atoms with van der Waals surface area (Å²) in [5.74, 6) is -2.23. The van der Waals surface area contributed by atoms with E-state index in [0.29, 0.717) is 26.7 Å². The Morgan fingerprint density at radius 1 is 1.09 bits per heavy atom. The molecule has 0 unspecified atom stereocenters. The molecule has 0 spiro atoms. The average Bonchev–Trinajstić information content (AvgIpc) is 3.14. The van der Waals surface area contributed by atoms with Crippen molar-refractivity contribution in [2.24, 2.45) is 0 Å². The van der Waals surface area contributed by atoms with Gasteiger partial charge in [-0.15, -0.1) is 11.3 Å². The Bertz CT molecular complexity index is 1290. The molecule has 1 aromatic heterocycles. The van der Waals surface area contributed by atoms with E-state index in [1.54, 1.807) is 30.0 Å². The normalized spacial score (nSPS) is 15.2. The summed E-state index contributed by atoms with van der Waals surface area (Å²) in [4.78, 5) is 19.0. The van der Waals surface area contributed by atoms with Gasteiger partial charge < -0.3 is 4.90 Å². The quantitative estimate of drug-likeness (QED) is 0.541. The van der Waals surface area contributed by atoms with Gasteiger partial charge in [0, 0.05) is 42.8 Å². The van der Waals surface area contributed by atoms with Crippen LogP contribution in [0, 0.1) is 18.6 Å². The molecule has 0 N–H and O–H groups in total. The van der Waals surface area contributed by atoms with Crippen LogP contribution in [0.4, 0.5) is 8.78 Å². The van der Waals surface area contributed by atoms with E-state index in [4.69, 9.17) is 11.6 Å². The molecule has 11 heteroatoms. The number of aromatic nitrogens is 1. The SMILES string of the molecule is Cc1nc(-c2cccc(Cl)c2)sc1C(=O)N1CCN(S(=O)(=O)c2ccc(F)cc2F)CC1. The Labute approximate surface area is 193 Å². The number of halogens is 3. The molecule has 32 heavy (non-hydrogen) atoms. The smallest absolute Gasteiger partial charge is 0.265 e. The second-order valence-electron chi connectivity index (χ2n) is 7.21. The van der Waals surface area contributed by atoms with Gasteiger partial charge in [0.25, 0.3) is 5.91 Å². The fourth-order valence-corrected chi connectivity index (χ4v) is 6.13. The minimum atomic E-state index is -4.14. The predicted octanol–water partition coefficient (Wildman–Crippen LogP) is 4.20. The molecule has 0 radical (unpaired) electrons. The molecular formula is C21H18ClF2N3O3S2. The molecule has 1 saturated heterocycles. The van der Waals surface area contributed by atoms with Crippen molar-refractivity contribution in [2.45, 2.75) is 11.8 Å². The highest BCUT2D eigenvalue weighted by atomic mass is 35.5. The van der Waals surface area contributed by atoms with Crippen LogP contribution in [-0.2, 0) is 10.0 Å². The van der Waals surface area contributed by atoms with Crippen molar-refractivity contribution in [3.8, 4) is 10.6 Å². The second-order valence-corrected chi connectivity index (χ2v) is 10.6. The van der Waals surface area contributed by atoms with Gasteiger partial charge in [-0.3, -0.25) is 4.79 Å². The maximum atomic E-state index is 14.0. The third kappa shape index (κ3) is 4.40. The van der Waals surface area contributed by atoms with Gasteiger partial charge in [0.15, 0.2) is 0 Å². The molecule has 168 valence electrons. The molecule has 6 nitrogen and oxygen atoms in total. The van der Waals surface area contributed by atoms with Gasteiger partial charge in [-0.05, 0) is 31.2 Å². The number of aryl methyl sites for hydroxylation is 1. The second kappa shape index (κ2) is 8.86. The average molecular weight is 498 g/mol. The molecule has 2 heterocycles. The van der Waals surface area contributed by atoms with Crippen LogP contribution >= 0.6 is 22.9 Å². The first kappa shape index (κ1) is 22.8. The summed E-state index contributed by atoms with van der Waals surface area (Å²) in [7, 11) is -4.14. The Kier molecular flexibility index (Phi) is 6.30. The zero-order chi connectivity index (χ0) is 23.0. The maximum Gasteiger partial charge on any atom is 0.265 e. The topological polar surface area (TPSA) is 70.6 Å². The number of hydrogen-bond donors (Lipinski definition) is 0. The van der Waals surface area contributed by atoms with Crippen LogP contribution in [0.25, 0.3) is 10.6 Å². The Morgan fingerprint density at radius 3 is 2.47 bits per heavy atom. The summed E-state index contributed by atoms with van der Waals surface area (Å²) in [6.45, 7) is 2.04. The van der Waals surface area contributed by atoms with Crippen LogP contribution in [-0.4, -0.2) is 54.7 Å². The summed E-state index contributed by atoms with van der Waals surface area (Å²) in [6.07, 6.45) is 0. The molecule has 0 atom stereocenters. The van der Waals surface area contributed by atoms with E-state index in [1.165, 1.54) is 11.3 Å². The number of rotatable bonds is 4. The minimum Gasteiger partial charge on any atom is -0.335 e. The van der Waals surface area contributed by atoms with E-state index in [9.17, 15) is 22.0 Å². The third-order valence-electron chi connectivity index (χ3n) is 5.10. The molecule has 1 fully saturated rings. The maximum absolute atomic E-state index is 14.0. The lowest BCUT2D eigenvalue weighted by Gasteiger charge is -2.33. The van der Waals surface area contributed by atoms with Crippen LogP contribution in [0.5, 0.6) is 0 Å². The number of hydrogen-bond acceptors (Lipinski definition) is 5. The number of piperazine rings is 1. The third-order valence-corrected chi connectivity index (χ3v) is 8.46. The van der Waals surface area contributed by atoms with E-state index < -0.39 is 26.6 Å². The predicted molar refractivity (Wildman–Crippen MR) is 118 cm³/mol. The van der Waals surface area contributed by atoms with Gasteiger partial charge in [-0.2, -0.15) is 4.31 Å². The zero-order valence-electron chi connectivity index (χ0n) is 16.9. The van der Waals surface area contributed by atoms with Gasteiger partial charge in [0.05, 0.1) is 5.69 Å². The van der Waals surface area contributed by atoms with Gasteiger partial charge in [-0.25, -0.2) is 22.2 Å². The largest absolute Gasteiger partial charge is 0.335 e. The summed E-state index contributed by atoms with van der Waals surface area (Å²) in [5.41, 5.74) is 1.39. The fourth-order valence-electron chi connectivity index (χ4n) is 3.44. The molecule has 1 aliphatic rings. The van der Waals surface area contributed by atoms with Crippen molar-refractivity contribution < 1.29 is 22.0 Å². The Balaban J connectivity index is 1.48. The van der Waals surface area contributed by atoms with Crippen molar-refractivity contribution in [3.05, 3.63) is 69.7 Å². The summed E-state index contributed by atoms with van der Waals surface area (Å²) in [6, 6.07) is 9.54. The first-order valence-electron chi connectivity index (χ1n) is 9.64.